The van der Waals surface area contributed by atoms with Crippen molar-refractivity contribution in [3.8, 4) is 5.75 Å². The number of aryl methyl sites for hydroxylation is 3. The summed E-state index contributed by atoms with van der Waals surface area (Å²) in [4.78, 5) is 29.3. The highest BCUT2D eigenvalue weighted by Gasteiger charge is 2.43. The minimum Gasteiger partial charge on any atom is -0.494 e. The van der Waals surface area contributed by atoms with Crippen LogP contribution in [0, 0.1) is 20.8 Å². The Bertz CT molecular complexity index is 1480. The molecular weight excluding hydrogens is 450 g/mol. The number of anilines is 1. The molecule has 36 heavy (non-hydrogen) atoms. The van der Waals surface area contributed by atoms with Gasteiger partial charge in [0.05, 0.1) is 23.6 Å². The molecule has 5 nitrogen and oxygen atoms in total. The summed E-state index contributed by atoms with van der Waals surface area (Å²) in [5.74, 6) is 0.579. The Kier molecular flexibility index (Phi) is 6.40. The fourth-order valence-corrected chi connectivity index (χ4v) is 4.80. The van der Waals surface area contributed by atoms with Crippen molar-refractivity contribution >= 4 is 22.6 Å². The number of carbonyl (C=O) groups excluding carboxylic acids is 1. The van der Waals surface area contributed by atoms with E-state index in [4.69, 9.17) is 9.15 Å². The Morgan fingerprint density at radius 1 is 0.889 bits per heavy atom. The number of benzene rings is 3. The first kappa shape index (κ1) is 23.9. The van der Waals surface area contributed by atoms with Crippen LogP contribution in [0.2, 0.25) is 0 Å². The van der Waals surface area contributed by atoms with Gasteiger partial charge in [0.2, 0.25) is 5.76 Å². The smallest absolute Gasteiger partial charge is 0.295 e. The van der Waals surface area contributed by atoms with Gasteiger partial charge in [-0.3, -0.25) is 14.5 Å². The van der Waals surface area contributed by atoms with Gasteiger partial charge >= 0.3 is 0 Å². The van der Waals surface area contributed by atoms with Crippen LogP contribution in [0.3, 0.4) is 0 Å². The molecule has 0 radical (unpaired) electrons. The van der Waals surface area contributed by atoms with Gasteiger partial charge in [-0.05, 0) is 80.3 Å². The van der Waals surface area contributed by atoms with Crippen molar-refractivity contribution in [2.75, 3.05) is 11.5 Å². The van der Waals surface area contributed by atoms with Gasteiger partial charge in [0.1, 0.15) is 11.3 Å². The Morgan fingerprint density at radius 3 is 2.28 bits per heavy atom. The summed E-state index contributed by atoms with van der Waals surface area (Å²) in [7, 11) is 0. The summed E-state index contributed by atoms with van der Waals surface area (Å²) < 4.78 is 12.0. The molecule has 0 saturated heterocycles. The number of ether oxygens (including phenoxy) is 1. The van der Waals surface area contributed by atoms with Crippen molar-refractivity contribution < 1.29 is 13.9 Å². The normalized spacial score (nSPS) is 14.9. The average molecular weight is 482 g/mol. The maximum Gasteiger partial charge on any atom is 0.295 e. The molecule has 5 rings (SSSR count). The van der Waals surface area contributed by atoms with E-state index < -0.39 is 6.04 Å². The van der Waals surface area contributed by atoms with Crippen LogP contribution in [0.5, 0.6) is 5.75 Å². The second kappa shape index (κ2) is 9.65. The van der Waals surface area contributed by atoms with E-state index >= 15 is 0 Å². The average Bonchev–Trinajstić information content (AvgIpc) is 3.16. The van der Waals surface area contributed by atoms with Crippen molar-refractivity contribution in [2.24, 2.45) is 0 Å². The third kappa shape index (κ3) is 4.19. The quantitative estimate of drug-likeness (QED) is 0.266. The highest BCUT2D eigenvalue weighted by molar-refractivity contribution is 6.10. The van der Waals surface area contributed by atoms with E-state index in [-0.39, 0.29) is 17.1 Å². The number of hydrogen-bond donors (Lipinski definition) is 0. The predicted octanol–water partition coefficient (Wildman–Crippen LogP) is 7.04. The van der Waals surface area contributed by atoms with Crippen molar-refractivity contribution in [1.29, 1.82) is 0 Å². The van der Waals surface area contributed by atoms with Crippen LogP contribution in [-0.4, -0.2) is 12.5 Å². The fraction of sp³-hybridized carbons (Fsp3) is 0.290. The molecule has 0 bridgehead atoms. The molecule has 1 aromatic heterocycles. The van der Waals surface area contributed by atoms with E-state index in [0.29, 0.717) is 23.1 Å². The third-order valence-electron chi connectivity index (χ3n) is 7.01. The molecule has 0 spiro atoms. The topological polar surface area (TPSA) is 59.8 Å². The van der Waals surface area contributed by atoms with Crippen LogP contribution >= 0.6 is 0 Å². The monoisotopic (exact) mass is 481 g/mol. The lowest BCUT2D eigenvalue weighted by atomic mass is 9.97. The van der Waals surface area contributed by atoms with Crippen LogP contribution < -0.4 is 15.1 Å². The number of amides is 1. The van der Waals surface area contributed by atoms with Crippen LogP contribution in [0.25, 0.3) is 11.0 Å². The lowest BCUT2D eigenvalue weighted by Crippen LogP contribution is -2.29. The summed E-state index contributed by atoms with van der Waals surface area (Å²) in [6, 6.07) is 18.6. The van der Waals surface area contributed by atoms with Gasteiger partial charge in [0.15, 0.2) is 5.43 Å². The summed E-state index contributed by atoms with van der Waals surface area (Å²) >= 11 is 0. The van der Waals surface area contributed by atoms with Gasteiger partial charge in [0, 0.05) is 5.69 Å². The maximum atomic E-state index is 13.9. The zero-order valence-corrected chi connectivity index (χ0v) is 21.3. The minimum atomic E-state index is -0.591. The molecular formula is C31H31NO4. The van der Waals surface area contributed by atoms with Crippen LogP contribution in [0.1, 0.15) is 70.6 Å². The molecule has 4 aromatic rings. The number of unbranched alkanes of at least 4 members (excludes halogenated alkanes) is 2. The van der Waals surface area contributed by atoms with Gasteiger partial charge in [-0.15, -0.1) is 0 Å². The summed E-state index contributed by atoms with van der Waals surface area (Å²) in [5.41, 5.74) is 5.32. The molecule has 3 aromatic carbocycles. The van der Waals surface area contributed by atoms with Crippen LogP contribution in [-0.2, 0) is 0 Å². The molecule has 184 valence electrons. The SMILES string of the molecule is CCCCCOc1ccc(C2c3c(oc4cc(C)c(C)cc4c3=O)C(=O)N2c2ccc(C)cc2)cc1. The number of fused-ring (bicyclic) bond motifs is 2. The Morgan fingerprint density at radius 2 is 1.58 bits per heavy atom. The largest absolute Gasteiger partial charge is 0.494 e. The Balaban J connectivity index is 1.64. The van der Waals surface area contributed by atoms with Crippen molar-refractivity contribution in [3.63, 3.8) is 0 Å². The molecule has 1 atom stereocenters. The highest BCUT2D eigenvalue weighted by atomic mass is 16.5. The Labute approximate surface area is 211 Å². The summed E-state index contributed by atoms with van der Waals surface area (Å²) in [5, 5.41) is 0.497. The predicted molar refractivity (Wildman–Crippen MR) is 143 cm³/mol. The van der Waals surface area contributed by atoms with E-state index in [1.165, 1.54) is 0 Å². The molecule has 1 amide bonds. The number of carbonyl (C=O) groups is 1. The summed E-state index contributed by atoms with van der Waals surface area (Å²) in [6.45, 7) is 8.78. The molecule has 1 aliphatic rings. The van der Waals surface area contributed by atoms with Gasteiger partial charge in [0.25, 0.3) is 5.91 Å². The molecule has 2 heterocycles. The van der Waals surface area contributed by atoms with Gasteiger partial charge in [-0.25, -0.2) is 0 Å². The molecule has 5 heteroatoms. The molecule has 1 aliphatic heterocycles. The summed E-state index contributed by atoms with van der Waals surface area (Å²) in [6.07, 6.45) is 3.28. The van der Waals surface area contributed by atoms with E-state index in [1.54, 1.807) is 4.90 Å². The van der Waals surface area contributed by atoms with Crippen molar-refractivity contribution in [1.82, 2.24) is 0 Å². The van der Waals surface area contributed by atoms with Gasteiger partial charge < -0.3 is 9.15 Å². The Hall–Kier alpha value is -3.86. The molecule has 1 unspecified atom stereocenters. The standard InChI is InChI=1S/C31H31NO4/c1-5-6-7-16-35-24-14-10-22(11-15-24)28-27-29(33)25-17-20(3)21(4)18-26(25)36-30(27)31(34)32(28)23-12-8-19(2)9-13-23/h8-15,17-18,28H,5-7,16H2,1-4H3. The molecule has 0 N–H and O–H groups in total. The maximum absolute atomic E-state index is 13.9. The minimum absolute atomic E-state index is 0.112. The lowest BCUT2D eigenvalue weighted by Gasteiger charge is -2.25. The number of nitrogens with zero attached hydrogens (tertiary/aromatic N) is 1. The van der Waals surface area contributed by atoms with Crippen LogP contribution in [0.15, 0.2) is 69.9 Å². The third-order valence-corrected chi connectivity index (χ3v) is 7.01. The van der Waals surface area contributed by atoms with E-state index in [0.717, 1.165) is 53.0 Å². The highest BCUT2D eigenvalue weighted by Crippen LogP contribution is 2.41. The van der Waals surface area contributed by atoms with Gasteiger partial charge in [-0.1, -0.05) is 49.6 Å². The number of rotatable bonds is 7. The number of hydrogen-bond acceptors (Lipinski definition) is 4. The molecule has 0 fully saturated rings. The molecule has 0 saturated carbocycles. The first-order valence-electron chi connectivity index (χ1n) is 12.6. The zero-order valence-electron chi connectivity index (χ0n) is 21.3. The van der Waals surface area contributed by atoms with E-state index in [1.807, 2.05) is 81.4 Å². The van der Waals surface area contributed by atoms with E-state index in [9.17, 15) is 9.59 Å². The molecule has 0 aliphatic carbocycles. The van der Waals surface area contributed by atoms with E-state index in [2.05, 4.69) is 6.92 Å². The first-order valence-corrected chi connectivity index (χ1v) is 12.6. The van der Waals surface area contributed by atoms with Crippen molar-refractivity contribution in [3.05, 3.63) is 104 Å². The second-order valence-corrected chi connectivity index (χ2v) is 9.64. The second-order valence-electron chi connectivity index (χ2n) is 9.64. The fourth-order valence-electron chi connectivity index (χ4n) is 4.80. The van der Waals surface area contributed by atoms with Crippen molar-refractivity contribution in [2.45, 2.75) is 53.0 Å². The van der Waals surface area contributed by atoms with Gasteiger partial charge in [-0.2, -0.15) is 0 Å². The zero-order chi connectivity index (χ0) is 25.4. The lowest BCUT2D eigenvalue weighted by molar-refractivity contribution is 0.0971. The first-order chi connectivity index (χ1) is 17.4. The van der Waals surface area contributed by atoms with Crippen LogP contribution in [0.4, 0.5) is 5.69 Å².